The molecular weight excluding hydrogens is 251 g/mol. The van der Waals surface area contributed by atoms with Crippen LogP contribution in [0.2, 0.25) is 0 Å². The van der Waals surface area contributed by atoms with Crippen LogP contribution < -0.4 is 4.90 Å². The average Bonchev–Trinajstić information content (AvgIpc) is 3.08. The third-order valence-electron chi connectivity index (χ3n) is 2.47. The second kappa shape index (κ2) is 4.43. The number of aromatic nitrogens is 2. The Morgan fingerprint density at radius 3 is 2.61 bits per heavy atom. The van der Waals surface area contributed by atoms with Gasteiger partial charge in [-0.1, -0.05) is 0 Å². The monoisotopic (exact) mass is 261 g/mol. The highest BCUT2D eigenvalue weighted by Crippen LogP contribution is 2.33. The number of hydrogen-bond donors (Lipinski definition) is 1. The van der Waals surface area contributed by atoms with Crippen molar-refractivity contribution in [2.75, 3.05) is 11.4 Å². The Morgan fingerprint density at radius 2 is 2.11 bits per heavy atom. The molecule has 0 bridgehead atoms. The van der Waals surface area contributed by atoms with E-state index in [9.17, 15) is 18.0 Å². The van der Waals surface area contributed by atoms with Gasteiger partial charge in [0.2, 0.25) is 0 Å². The first-order valence-electron chi connectivity index (χ1n) is 5.25. The van der Waals surface area contributed by atoms with E-state index in [-0.39, 0.29) is 17.6 Å². The van der Waals surface area contributed by atoms with Gasteiger partial charge in [-0.15, -0.1) is 0 Å². The van der Waals surface area contributed by atoms with E-state index in [0.29, 0.717) is 12.8 Å². The molecule has 1 aromatic rings. The van der Waals surface area contributed by atoms with Gasteiger partial charge in [-0.2, -0.15) is 13.2 Å². The standard InChI is InChI=1S/C10H10F3N3O2/c11-10(12,13)5-16(6-1-2-6)8-4-14-3-7(15-8)9(17)18/h3-4,6H,1-2,5H2,(H,17,18). The molecule has 1 aliphatic rings. The Kier molecular flexibility index (Phi) is 3.10. The van der Waals surface area contributed by atoms with E-state index in [2.05, 4.69) is 9.97 Å². The molecule has 0 amide bonds. The van der Waals surface area contributed by atoms with Crippen LogP contribution >= 0.6 is 0 Å². The lowest BCUT2D eigenvalue weighted by Crippen LogP contribution is -2.36. The zero-order valence-electron chi connectivity index (χ0n) is 9.18. The van der Waals surface area contributed by atoms with Crippen molar-refractivity contribution < 1.29 is 23.1 Å². The van der Waals surface area contributed by atoms with Crippen molar-refractivity contribution in [2.45, 2.75) is 25.1 Å². The number of aromatic carboxylic acids is 1. The van der Waals surface area contributed by atoms with E-state index in [4.69, 9.17) is 5.11 Å². The van der Waals surface area contributed by atoms with Crippen molar-refractivity contribution in [3.05, 3.63) is 18.1 Å². The Bertz CT molecular complexity index is 460. The lowest BCUT2D eigenvalue weighted by Gasteiger charge is -2.24. The summed E-state index contributed by atoms with van der Waals surface area (Å²) in [4.78, 5) is 19.1. The minimum Gasteiger partial charge on any atom is -0.476 e. The van der Waals surface area contributed by atoms with Crippen LogP contribution in [0.15, 0.2) is 12.4 Å². The molecule has 1 aliphatic carbocycles. The molecule has 5 nitrogen and oxygen atoms in total. The van der Waals surface area contributed by atoms with Crippen molar-refractivity contribution in [1.29, 1.82) is 0 Å². The summed E-state index contributed by atoms with van der Waals surface area (Å²) < 4.78 is 37.3. The molecule has 18 heavy (non-hydrogen) atoms. The zero-order chi connectivity index (χ0) is 13.3. The number of anilines is 1. The highest BCUT2D eigenvalue weighted by atomic mass is 19.4. The first kappa shape index (κ1) is 12.6. The van der Waals surface area contributed by atoms with Crippen molar-refractivity contribution in [3.63, 3.8) is 0 Å². The maximum atomic E-state index is 12.4. The summed E-state index contributed by atoms with van der Waals surface area (Å²) in [7, 11) is 0. The third kappa shape index (κ3) is 3.08. The van der Waals surface area contributed by atoms with Gasteiger partial charge < -0.3 is 10.0 Å². The van der Waals surface area contributed by atoms with Crippen molar-refractivity contribution in [1.82, 2.24) is 9.97 Å². The summed E-state index contributed by atoms with van der Waals surface area (Å²) in [6.07, 6.45) is -0.908. The lowest BCUT2D eigenvalue weighted by molar-refractivity contribution is -0.120. The first-order chi connectivity index (χ1) is 8.37. The summed E-state index contributed by atoms with van der Waals surface area (Å²) in [6.45, 7) is -1.14. The van der Waals surface area contributed by atoms with E-state index in [1.807, 2.05) is 0 Å². The minimum absolute atomic E-state index is 0.0466. The van der Waals surface area contributed by atoms with Crippen molar-refractivity contribution in [3.8, 4) is 0 Å². The number of nitrogens with zero attached hydrogens (tertiary/aromatic N) is 3. The maximum Gasteiger partial charge on any atom is 0.405 e. The van der Waals surface area contributed by atoms with E-state index in [1.165, 1.54) is 0 Å². The molecule has 0 aliphatic heterocycles. The van der Waals surface area contributed by atoms with Crippen molar-refractivity contribution in [2.24, 2.45) is 0 Å². The molecule has 0 spiro atoms. The molecule has 0 saturated heterocycles. The molecule has 98 valence electrons. The average molecular weight is 261 g/mol. The van der Waals surface area contributed by atoms with E-state index in [1.54, 1.807) is 0 Å². The number of alkyl halides is 3. The van der Waals surface area contributed by atoms with E-state index >= 15 is 0 Å². The number of rotatable bonds is 4. The number of halogens is 3. The minimum atomic E-state index is -4.36. The fourth-order valence-electron chi connectivity index (χ4n) is 1.57. The predicted molar refractivity (Wildman–Crippen MR) is 55.4 cm³/mol. The van der Waals surface area contributed by atoms with Crippen LogP contribution in [0.4, 0.5) is 19.0 Å². The summed E-state index contributed by atoms with van der Waals surface area (Å²) in [6, 6.07) is -0.232. The van der Waals surface area contributed by atoms with Crippen LogP contribution in [0.25, 0.3) is 0 Å². The second-order valence-corrected chi connectivity index (χ2v) is 4.04. The normalized spacial score (nSPS) is 15.5. The highest BCUT2D eigenvalue weighted by Gasteiger charge is 2.39. The Morgan fingerprint density at radius 1 is 1.44 bits per heavy atom. The van der Waals surface area contributed by atoms with Crippen LogP contribution in [0.5, 0.6) is 0 Å². The molecule has 1 saturated carbocycles. The number of hydrogen-bond acceptors (Lipinski definition) is 4. The molecule has 0 atom stereocenters. The third-order valence-corrected chi connectivity index (χ3v) is 2.47. The van der Waals surface area contributed by atoms with Gasteiger partial charge in [-0.05, 0) is 12.8 Å². The van der Waals surface area contributed by atoms with Gasteiger partial charge in [0.15, 0.2) is 5.69 Å². The van der Waals surface area contributed by atoms with Gasteiger partial charge in [0.05, 0.1) is 12.4 Å². The quantitative estimate of drug-likeness (QED) is 0.893. The fraction of sp³-hybridized carbons (Fsp3) is 0.500. The summed E-state index contributed by atoms with van der Waals surface area (Å²) in [5, 5.41) is 8.73. The fourth-order valence-corrected chi connectivity index (χ4v) is 1.57. The van der Waals surface area contributed by atoms with Crippen LogP contribution in [0, 0.1) is 0 Å². The zero-order valence-corrected chi connectivity index (χ0v) is 9.18. The summed E-state index contributed by atoms with van der Waals surface area (Å²) >= 11 is 0. The molecule has 1 heterocycles. The number of carboxylic acid groups (broad SMARTS) is 1. The Labute approximate surface area is 100 Å². The smallest absolute Gasteiger partial charge is 0.405 e. The molecular formula is C10H10F3N3O2. The van der Waals surface area contributed by atoms with Gasteiger partial charge >= 0.3 is 12.1 Å². The second-order valence-electron chi connectivity index (χ2n) is 4.04. The molecule has 0 radical (unpaired) electrons. The molecule has 2 rings (SSSR count). The van der Waals surface area contributed by atoms with Crippen LogP contribution in [-0.4, -0.2) is 39.8 Å². The molecule has 0 unspecified atom stereocenters. The largest absolute Gasteiger partial charge is 0.476 e. The van der Waals surface area contributed by atoms with Crippen LogP contribution in [-0.2, 0) is 0 Å². The van der Waals surface area contributed by atoms with E-state index in [0.717, 1.165) is 17.3 Å². The molecule has 1 aromatic heterocycles. The predicted octanol–water partition coefficient (Wildman–Crippen LogP) is 1.71. The summed E-state index contributed by atoms with van der Waals surface area (Å²) in [5.74, 6) is -1.36. The van der Waals surface area contributed by atoms with Crippen molar-refractivity contribution >= 4 is 11.8 Å². The van der Waals surface area contributed by atoms with E-state index < -0.39 is 18.7 Å². The molecule has 0 aromatic carbocycles. The Hall–Kier alpha value is -1.86. The van der Waals surface area contributed by atoms with Crippen LogP contribution in [0.1, 0.15) is 23.3 Å². The van der Waals surface area contributed by atoms with Gasteiger partial charge in [-0.25, -0.2) is 9.78 Å². The van der Waals surface area contributed by atoms with Gasteiger partial charge in [-0.3, -0.25) is 4.98 Å². The number of carbonyl (C=O) groups is 1. The molecule has 1 N–H and O–H groups in total. The topological polar surface area (TPSA) is 66.3 Å². The first-order valence-corrected chi connectivity index (χ1v) is 5.25. The maximum absolute atomic E-state index is 12.4. The van der Waals surface area contributed by atoms with Gasteiger partial charge in [0, 0.05) is 6.04 Å². The van der Waals surface area contributed by atoms with Gasteiger partial charge in [0.1, 0.15) is 12.4 Å². The summed E-state index contributed by atoms with van der Waals surface area (Å²) in [5.41, 5.74) is -0.361. The molecule has 8 heteroatoms. The van der Waals surface area contributed by atoms with Crippen LogP contribution in [0.3, 0.4) is 0 Å². The number of carboxylic acids is 1. The highest BCUT2D eigenvalue weighted by molar-refractivity contribution is 5.85. The van der Waals surface area contributed by atoms with Gasteiger partial charge in [0.25, 0.3) is 0 Å². The lowest BCUT2D eigenvalue weighted by atomic mass is 10.4. The Balaban J connectivity index is 2.25. The SMILES string of the molecule is O=C(O)c1cncc(N(CC(F)(F)F)C2CC2)n1. The molecule has 1 fully saturated rings.